The summed E-state index contributed by atoms with van der Waals surface area (Å²) in [6.45, 7) is 0.275. The molecule has 154 valence electrons. The van der Waals surface area contributed by atoms with Crippen LogP contribution in [0.3, 0.4) is 0 Å². The van der Waals surface area contributed by atoms with E-state index in [0.29, 0.717) is 17.1 Å². The van der Waals surface area contributed by atoms with Gasteiger partial charge in [-0.3, -0.25) is 10.2 Å². The van der Waals surface area contributed by atoms with Crippen LogP contribution in [-0.2, 0) is 17.9 Å². The molecule has 0 aliphatic heterocycles. The number of anilines is 1. The molecule has 9 nitrogen and oxygen atoms in total. The molecular formula is C19H18BrN7O2S. The molecule has 0 saturated carbocycles. The van der Waals surface area contributed by atoms with Gasteiger partial charge in [-0.25, -0.2) is 4.68 Å². The van der Waals surface area contributed by atoms with E-state index in [-0.39, 0.29) is 24.2 Å². The minimum atomic E-state index is -0.201. The summed E-state index contributed by atoms with van der Waals surface area (Å²) in [7, 11) is 0. The smallest absolute Gasteiger partial charge is 0.246 e. The molecule has 3 rings (SSSR count). The molecular weight excluding hydrogens is 470 g/mol. The minimum Gasteiger partial charge on any atom is -0.487 e. The first-order valence-electron chi connectivity index (χ1n) is 8.74. The van der Waals surface area contributed by atoms with Crippen molar-refractivity contribution in [1.82, 2.24) is 20.4 Å². The number of thiocarbonyl (C=S) groups is 1. The lowest BCUT2D eigenvalue weighted by Crippen LogP contribution is -2.23. The topological polar surface area (TPSA) is 119 Å². The highest BCUT2D eigenvalue weighted by molar-refractivity contribution is 9.10. The highest BCUT2D eigenvalue weighted by atomic mass is 79.9. The minimum absolute atomic E-state index is 0.0494. The van der Waals surface area contributed by atoms with Crippen LogP contribution in [0.5, 0.6) is 5.75 Å². The lowest BCUT2D eigenvalue weighted by atomic mass is 10.2. The van der Waals surface area contributed by atoms with Gasteiger partial charge in [0.1, 0.15) is 24.6 Å². The van der Waals surface area contributed by atoms with Crippen molar-refractivity contribution in [3.63, 3.8) is 0 Å². The van der Waals surface area contributed by atoms with Crippen LogP contribution in [-0.4, -0.2) is 32.2 Å². The van der Waals surface area contributed by atoms with Crippen LogP contribution in [0.4, 0.5) is 5.69 Å². The number of nitrogens with zero attached hydrogens (tertiary/aromatic N) is 4. The first-order chi connectivity index (χ1) is 14.5. The number of ether oxygens (including phenoxy) is 1. The summed E-state index contributed by atoms with van der Waals surface area (Å²) in [5.41, 5.74) is 9.94. The van der Waals surface area contributed by atoms with Crippen LogP contribution >= 0.6 is 28.1 Å². The Kier molecular flexibility index (Phi) is 7.46. The zero-order valence-corrected chi connectivity index (χ0v) is 18.1. The lowest BCUT2D eigenvalue weighted by Gasteiger charge is -2.05. The third-order valence-electron chi connectivity index (χ3n) is 3.66. The molecule has 3 aromatic rings. The Labute approximate surface area is 186 Å². The van der Waals surface area contributed by atoms with Crippen molar-refractivity contribution < 1.29 is 9.53 Å². The Morgan fingerprint density at radius 1 is 1.30 bits per heavy atom. The van der Waals surface area contributed by atoms with Crippen LogP contribution in [0.25, 0.3) is 0 Å². The number of benzene rings is 2. The first kappa shape index (κ1) is 21.4. The van der Waals surface area contributed by atoms with Crippen LogP contribution in [0, 0.1) is 0 Å². The molecule has 0 bridgehead atoms. The summed E-state index contributed by atoms with van der Waals surface area (Å²) in [5.74, 6) is 0.462. The largest absolute Gasteiger partial charge is 0.487 e. The van der Waals surface area contributed by atoms with Crippen molar-refractivity contribution in [2.24, 2.45) is 10.8 Å². The van der Waals surface area contributed by atoms with E-state index in [4.69, 9.17) is 10.5 Å². The Hall–Kier alpha value is -3.31. The van der Waals surface area contributed by atoms with Gasteiger partial charge in [-0.2, -0.15) is 5.10 Å². The number of nitrogens with one attached hydrogen (secondary N) is 2. The highest BCUT2D eigenvalue weighted by Crippen LogP contribution is 2.16. The maximum Gasteiger partial charge on any atom is 0.246 e. The average Bonchev–Trinajstić information content (AvgIpc) is 3.14. The van der Waals surface area contributed by atoms with Crippen molar-refractivity contribution in [3.05, 3.63) is 70.5 Å². The van der Waals surface area contributed by atoms with Crippen LogP contribution in [0.2, 0.25) is 0 Å². The van der Waals surface area contributed by atoms with E-state index < -0.39 is 0 Å². The van der Waals surface area contributed by atoms with E-state index in [9.17, 15) is 4.79 Å². The van der Waals surface area contributed by atoms with Gasteiger partial charge in [0.05, 0.1) is 12.4 Å². The molecule has 0 aliphatic carbocycles. The Morgan fingerprint density at radius 2 is 2.10 bits per heavy atom. The van der Waals surface area contributed by atoms with Gasteiger partial charge < -0.3 is 15.8 Å². The number of aromatic nitrogens is 3. The summed E-state index contributed by atoms with van der Waals surface area (Å²) in [5, 5.41) is 14.8. The molecule has 0 spiro atoms. The number of nitrogens with two attached hydrogens (primary N) is 1. The third kappa shape index (κ3) is 6.94. The van der Waals surface area contributed by atoms with Gasteiger partial charge in [0.25, 0.3) is 0 Å². The quantitative estimate of drug-likeness (QED) is 0.253. The fourth-order valence-corrected chi connectivity index (χ4v) is 2.83. The van der Waals surface area contributed by atoms with E-state index in [0.717, 1.165) is 10.0 Å². The standard InChI is InChI=1S/C19H18BrN7O2S/c20-14-2-1-3-15(8-14)23-18(28)11-27-10-16(24-26-27)12-29-17-6-4-13(5-7-17)9-22-25-19(21)30/h1-10H,11-12H2,(H,23,28)(H3,21,25,30)/b22-9+. The van der Waals surface area contributed by atoms with E-state index in [1.165, 1.54) is 4.68 Å². The molecule has 0 radical (unpaired) electrons. The molecule has 4 N–H and O–H groups in total. The molecule has 2 aromatic carbocycles. The molecule has 1 heterocycles. The molecule has 11 heteroatoms. The number of amides is 1. The predicted molar refractivity (Wildman–Crippen MR) is 121 cm³/mol. The molecule has 0 unspecified atom stereocenters. The number of hydrogen-bond donors (Lipinski definition) is 3. The number of hydrazone groups is 1. The summed E-state index contributed by atoms with van der Waals surface area (Å²) in [6, 6.07) is 14.6. The monoisotopic (exact) mass is 487 g/mol. The summed E-state index contributed by atoms with van der Waals surface area (Å²) >= 11 is 8.04. The van der Waals surface area contributed by atoms with E-state index in [2.05, 4.69) is 54.3 Å². The van der Waals surface area contributed by atoms with Crippen molar-refractivity contribution in [3.8, 4) is 5.75 Å². The van der Waals surface area contributed by atoms with Crippen molar-refractivity contribution in [2.45, 2.75) is 13.2 Å². The van der Waals surface area contributed by atoms with Gasteiger partial charge in [0, 0.05) is 10.2 Å². The van der Waals surface area contributed by atoms with Crippen LogP contribution < -0.4 is 21.2 Å². The summed E-state index contributed by atoms with van der Waals surface area (Å²) < 4.78 is 8.04. The fraction of sp³-hybridized carbons (Fsp3) is 0.105. The Morgan fingerprint density at radius 3 is 2.83 bits per heavy atom. The van der Waals surface area contributed by atoms with Gasteiger partial charge in [-0.1, -0.05) is 27.2 Å². The van der Waals surface area contributed by atoms with Gasteiger partial charge in [0.15, 0.2) is 5.11 Å². The second kappa shape index (κ2) is 10.5. The maximum absolute atomic E-state index is 12.2. The van der Waals surface area contributed by atoms with E-state index in [1.807, 2.05) is 36.4 Å². The highest BCUT2D eigenvalue weighted by Gasteiger charge is 2.07. The number of carbonyl (C=O) groups excluding carboxylic acids is 1. The SMILES string of the molecule is NC(=S)N/N=C/c1ccc(OCc2cn(CC(=O)Nc3cccc(Br)c3)nn2)cc1. The normalized spacial score (nSPS) is 10.7. The number of carbonyl (C=O) groups is 1. The zero-order valence-electron chi connectivity index (χ0n) is 15.7. The van der Waals surface area contributed by atoms with Crippen LogP contribution in [0.1, 0.15) is 11.3 Å². The summed E-state index contributed by atoms with van der Waals surface area (Å²) in [6.07, 6.45) is 3.26. The molecule has 0 atom stereocenters. The van der Waals surface area contributed by atoms with E-state index >= 15 is 0 Å². The Bertz CT molecular complexity index is 1050. The molecule has 0 aliphatic rings. The number of hydrogen-bond acceptors (Lipinski definition) is 6. The number of halogens is 1. The predicted octanol–water partition coefficient (Wildman–Crippen LogP) is 2.43. The third-order valence-corrected chi connectivity index (χ3v) is 4.24. The maximum atomic E-state index is 12.2. The van der Waals surface area contributed by atoms with Gasteiger partial charge in [-0.15, -0.1) is 5.10 Å². The van der Waals surface area contributed by atoms with E-state index in [1.54, 1.807) is 24.5 Å². The molecule has 30 heavy (non-hydrogen) atoms. The zero-order chi connectivity index (χ0) is 21.3. The van der Waals surface area contributed by atoms with Crippen molar-refractivity contribution in [1.29, 1.82) is 0 Å². The lowest BCUT2D eigenvalue weighted by molar-refractivity contribution is -0.116. The van der Waals surface area contributed by atoms with Crippen LogP contribution in [0.15, 0.2) is 64.3 Å². The van der Waals surface area contributed by atoms with Crippen molar-refractivity contribution >= 4 is 51.1 Å². The summed E-state index contributed by atoms with van der Waals surface area (Å²) in [4.78, 5) is 12.2. The first-order valence-corrected chi connectivity index (χ1v) is 9.94. The second-order valence-electron chi connectivity index (χ2n) is 6.06. The Balaban J connectivity index is 1.47. The fourth-order valence-electron chi connectivity index (χ4n) is 2.37. The molecule has 0 fully saturated rings. The number of rotatable bonds is 8. The van der Waals surface area contributed by atoms with Gasteiger partial charge >= 0.3 is 0 Å². The van der Waals surface area contributed by atoms with Gasteiger partial charge in [-0.05, 0) is 60.2 Å². The van der Waals surface area contributed by atoms with Crippen molar-refractivity contribution in [2.75, 3.05) is 5.32 Å². The second-order valence-corrected chi connectivity index (χ2v) is 7.41. The molecule has 0 saturated heterocycles. The average molecular weight is 488 g/mol. The molecule has 1 aromatic heterocycles. The van der Waals surface area contributed by atoms with Gasteiger partial charge in [0.2, 0.25) is 5.91 Å². The molecule has 1 amide bonds.